The Morgan fingerprint density at radius 3 is 2.83 bits per heavy atom. The Morgan fingerprint density at radius 2 is 2.28 bits per heavy atom. The van der Waals surface area contributed by atoms with Crippen LogP contribution in [0.25, 0.3) is 6.08 Å². The fourth-order valence-electron chi connectivity index (χ4n) is 1.22. The number of aryl methyl sites for hydroxylation is 1. The monoisotopic (exact) mass is 268 g/mol. The molecule has 1 rings (SSSR count). The predicted molar refractivity (Wildman–Crippen MR) is 70.2 cm³/mol. The third kappa shape index (κ3) is 4.67. The lowest BCUT2D eigenvalue weighted by molar-refractivity contribution is -0.146. The summed E-state index contributed by atoms with van der Waals surface area (Å²) in [6.07, 6.45) is 3.03. The van der Waals surface area contributed by atoms with Crippen molar-refractivity contribution in [3.63, 3.8) is 0 Å². The van der Waals surface area contributed by atoms with Crippen LogP contribution in [0.2, 0.25) is 0 Å². The number of esters is 1. The molecule has 0 bridgehead atoms. The van der Waals surface area contributed by atoms with Crippen molar-refractivity contribution in [2.45, 2.75) is 13.8 Å². The summed E-state index contributed by atoms with van der Waals surface area (Å²) in [4.78, 5) is 28.4. The van der Waals surface area contributed by atoms with E-state index >= 15 is 0 Å². The molecule has 1 amide bonds. The molecule has 0 spiro atoms. The van der Waals surface area contributed by atoms with Crippen LogP contribution in [0.15, 0.2) is 11.5 Å². The van der Waals surface area contributed by atoms with Gasteiger partial charge in [-0.25, -0.2) is 4.98 Å². The minimum atomic E-state index is -0.411. The molecule has 6 heteroatoms. The molecule has 0 aromatic carbocycles. The minimum Gasteiger partial charge on any atom is -0.465 e. The Kier molecular flexibility index (Phi) is 5.51. The zero-order valence-corrected chi connectivity index (χ0v) is 11.5. The van der Waals surface area contributed by atoms with Crippen molar-refractivity contribution >= 4 is 29.3 Å². The minimum absolute atomic E-state index is 0.0485. The SMILES string of the molecule is CCOC(=O)CN(C)C(=O)C=Cc1csc(C)n1. The molecule has 0 aliphatic carbocycles. The van der Waals surface area contributed by atoms with Crippen molar-refractivity contribution in [3.05, 3.63) is 22.2 Å². The van der Waals surface area contributed by atoms with Crippen LogP contribution in [0.3, 0.4) is 0 Å². The van der Waals surface area contributed by atoms with Crippen LogP contribution in [0.5, 0.6) is 0 Å². The van der Waals surface area contributed by atoms with E-state index in [1.54, 1.807) is 20.0 Å². The van der Waals surface area contributed by atoms with E-state index in [2.05, 4.69) is 4.98 Å². The Hall–Kier alpha value is -1.69. The lowest BCUT2D eigenvalue weighted by atomic mass is 10.4. The molecule has 1 heterocycles. The van der Waals surface area contributed by atoms with Crippen molar-refractivity contribution in [2.24, 2.45) is 0 Å². The number of rotatable bonds is 5. The molecule has 0 saturated heterocycles. The number of hydrogen-bond acceptors (Lipinski definition) is 5. The van der Waals surface area contributed by atoms with Gasteiger partial charge in [-0.2, -0.15) is 0 Å². The zero-order valence-electron chi connectivity index (χ0n) is 10.7. The number of carbonyl (C=O) groups excluding carboxylic acids is 2. The average Bonchev–Trinajstić information content (AvgIpc) is 2.72. The number of hydrogen-bond donors (Lipinski definition) is 0. The number of aromatic nitrogens is 1. The summed E-state index contributed by atoms with van der Waals surface area (Å²) in [6.45, 7) is 3.89. The molecule has 0 radical (unpaired) electrons. The fourth-order valence-corrected chi connectivity index (χ4v) is 1.80. The first-order chi connectivity index (χ1) is 8.52. The van der Waals surface area contributed by atoms with E-state index in [0.29, 0.717) is 6.61 Å². The highest BCUT2D eigenvalue weighted by atomic mass is 32.1. The standard InChI is InChI=1S/C12H16N2O3S/c1-4-17-12(16)7-14(3)11(15)6-5-10-8-18-9(2)13-10/h5-6,8H,4,7H2,1-3H3. The molecular formula is C12H16N2O3S. The van der Waals surface area contributed by atoms with Crippen LogP contribution in [0.4, 0.5) is 0 Å². The first-order valence-electron chi connectivity index (χ1n) is 5.54. The highest BCUT2D eigenvalue weighted by Crippen LogP contribution is 2.09. The quantitative estimate of drug-likeness (QED) is 0.599. The van der Waals surface area contributed by atoms with Crippen molar-refractivity contribution in [1.82, 2.24) is 9.88 Å². The van der Waals surface area contributed by atoms with E-state index in [1.165, 1.54) is 22.3 Å². The molecule has 0 saturated carbocycles. The van der Waals surface area contributed by atoms with E-state index in [1.807, 2.05) is 12.3 Å². The maximum atomic E-state index is 11.7. The van der Waals surface area contributed by atoms with E-state index in [9.17, 15) is 9.59 Å². The normalized spacial score (nSPS) is 10.6. The third-order valence-electron chi connectivity index (χ3n) is 2.08. The molecule has 1 aromatic rings. The van der Waals surface area contributed by atoms with Gasteiger partial charge in [0, 0.05) is 18.5 Å². The summed E-state index contributed by atoms with van der Waals surface area (Å²) in [5, 5.41) is 2.81. The fraction of sp³-hybridized carbons (Fsp3) is 0.417. The van der Waals surface area contributed by atoms with Gasteiger partial charge in [0.05, 0.1) is 17.3 Å². The highest BCUT2D eigenvalue weighted by molar-refractivity contribution is 7.09. The first-order valence-corrected chi connectivity index (χ1v) is 6.41. The molecule has 98 valence electrons. The molecule has 5 nitrogen and oxygen atoms in total. The van der Waals surface area contributed by atoms with Gasteiger partial charge in [0.15, 0.2) is 0 Å². The lowest BCUT2D eigenvalue weighted by Gasteiger charge is -2.13. The van der Waals surface area contributed by atoms with Crippen LogP contribution in [-0.4, -0.2) is 42.0 Å². The number of amides is 1. The lowest BCUT2D eigenvalue weighted by Crippen LogP contribution is -2.31. The summed E-state index contributed by atoms with van der Waals surface area (Å²) in [7, 11) is 1.55. The van der Waals surface area contributed by atoms with Crippen molar-refractivity contribution < 1.29 is 14.3 Å². The molecule has 0 atom stereocenters. The number of carbonyl (C=O) groups is 2. The second kappa shape index (κ2) is 6.90. The van der Waals surface area contributed by atoms with Gasteiger partial charge >= 0.3 is 5.97 Å². The van der Waals surface area contributed by atoms with Gasteiger partial charge in [-0.1, -0.05) is 0 Å². The van der Waals surface area contributed by atoms with Crippen molar-refractivity contribution in [3.8, 4) is 0 Å². The second-order valence-corrected chi connectivity index (χ2v) is 4.69. The van der Waals surface area contributed by atoms with Gasteiger partial charge in [-0.15, -0.1) is 11.3 Å². The Morgan fingerprint density at radius 1 is 1.56 bits per heavy atom. The number of likely N-dealkylation sites (N-methyl/N-ethyl adjacent to an activating group) is 1. The molecule has 0 aliphatic rings. The number of thiazole rings is 1. The molecule has 0 aliphatic heterocycles. The zero-order chi connectivity index (χ0) is 13.5. The van der Waals surface area contributed by atoms with E-state index in [0.717, 1.165) is 10.7 Å². The third-order valence-corrected chi connectivity index (χ3v) is 2.87. The predicted octanol–water partition coefficient (Wildman–Crippen LogP) is 1.49. The van der Waals surface area contributed by atoms with Gasteiger partial charge in [0.1, 0.15) is 6.54 Å². The van der Waals surface area contributed by atoms with Crippen LogP contribution in [0.1, 0.15) is 17.6 Å². The van der Waals surface area contributed by atoms with Gasteiger partial charge < -0.3 is 9.64 Å². The van der Waals surface area contributed by atoms with Gasteiger partial charge in [-0.05, 0) is 19.9 Å². The summed E-state index contributed by atoms with van der Waals surface area (Å²) in [6, 6.07) is 0. The maximum Gasteiger partial charge on any atom is 0.325 e. The average molecular weight is 268 g/mol. The van der Waals surface area contributed by atoms with Crippen LogP contribution < -0.4 is 0 Å². The molecular weight excluding hydrogens is 252 g/mol. The van der Waals surface area contributed by atoms with E-state index in [-0.39, 0.29) is 12.5 Å². The summed E-state index contributed by atoms with van der Waals surface area (Å²) in [5.74, 6) is -0.667. The molecule has 0 unspecified atom stereocenters. The van der Waals surface area contributed by atoms with E-state index < -0.39 is 5.97 Å². The molecule has 1 aromatic heterocycles. The second-order valence-electron chi connectivity index (χ2n) is 3.62. The molecule has 0 N–H and O–H groups in total. The van der Waals surface area contributed by atoms with Crippen LogP contribution >= 0.6 is 11.3 Å². The van der Waals surface area contributed by atoms with Gasteiger partial charge in [0.2, 0.25) is 5.91 Å². The van der Waals surface area contributed by atoms with Gasteiger partial charge in [-0.3, -0.25) is 9.59 Å². The van der Waals surface area contributed by atoms with Crippen LogP contribution in [0, 0.1) is 6.92 Å². The Labute approximate surface area is 110 Å². The largest absolute Gasteiger partial charge is 0.465 e. The number of ether oxygens (including phenoxy) is 1. The first kappa shape index (κ1) is 14.4. The van der Waals surface area contributed by atoms with Crippen LogP contribution in [-0.2, 0) is 14.3 Å². The smallest absolute Gasteiger partial charge is 0.325 e. The van der Waals surface area contributed by atoms with E-state index in [4.69, 9.17) is 4.74 Å². The van der Waals surface area contributed by atoms with Crippen molar-refractivity contribution in [1.29, 1.82) is 0 Å². The van der Waals surface area contributed by atoms with Gasteiger partial charge in [0.25, 0.3) is 0 Å². The number of nitrogens with zero attached hydrogens (tertiary/aromatic N) is 2. The highest BCUT2D eigenvalue weighted by Gasteiger charge is 2.10. The molecule has 0 fully saturated rings. The maximum absolute atomic E-state index is 11.7. The van der Waals surface area contributed by atoms with Crippen molar-refractivity contribution in [2.75, 3.05) is 20.2 Å². The Balaban J connectivity index is 2.49. The topological polar surface area (TPSA) is 59.5 Å². The molecule has 18 heavy (non-hydrogen) atoms. The Bertz CT molecular complexity index is 454. The summed E-state index contributed by atoms with van der Waals surface area (Å²) < 4.78 is 4.76. The summed E-state index contributed by atoms with van der Waals surface area (Å²) >= 11 is 1.52. The summed E-state index contributed by atoms with van der Waals surface area (Å²) in [5.41, 5.74) is 0.746.